The predicted molar refractivity (Wildman–Crippen MR) is 76.0 cm³/mol. The highest BCUT2D eigenvalue weighted by molar-refractivity contribution is 7.80. The lowest BCUT2D eigenvalue weighted by atomic mass is 9.85. The molecule has 0 aliphatic heterocycles. The summed E-state index contributed by atoms with van der Waals surface area (Å²) in [5.74, 6) is 0.927. The van der Waals surface area contributed by atoms with E-state index < -0.39 is 0 Å². The van der Waals surface area contributed by atoms with Crippen LogP contribution >= 0.6 is 12.2 Å². The fraction of sp³-hybridized carbons (Fsp3) is 0.500. The SMILES string of the molecule is CN(Cc1ccc(C(N)=S)cc1)CC1CCC1. The number of nitrogens with two attached hydrogens (primary N) is 1. The van der Waals surface area contributed by atoms with Gasteiger partial charge in [-0.25, -0.2) is 0 Å². The van der Waals surface area contributed by atoms with Crippen LogP contribution in [0.3, 0.4) is 0 Å². The molecule has 0 unspecified atom stereocenters. The number of thiocarbonyl (C=S) groups is 1. The Kier molecular flexibility index (Phi) is 4.13. The molecule has 1 fully saturated rings. The van der Waals surface area contributed by atoms with Crippen molar-refractivity contribution < 1.29 is 0 Å². The molecule has 0 radical (unpaired) electrons. The third-order valence-electron chi connectivity index (χ3n) is 3.49. The quantitative estimate of drug-likeness (QED) is 0.812. The molecule has 1 aliphatic carbocycles. The molecule has 0 atom stereocenters. The van der Waals surface area contributed by atoms with E-state index >= 15 is 0 Å². The molecule has 0 bridgehead atoms. The summed E-state index contributed by atoms with van der Waals surface area (Å²) in [6, 6.07) is 8.25. The van der Waals surface area contributed by atoms with Crippen molar-refractivity contribution in [1.82, 2.24) is 4.90 Å². The first-order valence-corrected chi connectivity index (χ1v) is 6.63. The first-order valence-electron chi connectivity index (χ1n) is 6.22. The van der Waals surface area contributed by atoms with Crippen LogP contribution in [0.15, 0.2) is 24.3 Å². The molecular formula is C14H20N2S. The van der Waals surface area contributed by atoms with E-state index in [9.17, 15) is 0 Å². The number of rotatable bonds is 5. The second-order valence-corrected chi connectivity index (χ2v) is 5.49. The smallest absolute Gasteiger partial charge is 0.103 e. The van der Waals surface area contributed by atoms with Crippen molar-refractivity contribution in [2.45, 2.75) is 25.8 Å². The molecule has 2 N–H and O–H groups in total. The lowest BCUT2D eigenvalue weighted by Gasteiger charge is -2.30. The van der Waals surface area contributed by atoms with Gasteiger partial charge in [-0.3, -0.25) is 0 Å². The average Bonchev–Trinajstić information content (AvgIpc) is 2.24. The lowest BCUT2D eigenvalue weighted by molar-refractivity contribution is 0.200. The Bertz CT molecular complexity index is 382. The van der Waals surface area contributed by atoms with Crippen LogP contribution in [0.5, 0.6) is 0 Å². The van der Waals surface area contributed by atoms with Crippen molar-refractivity contribution in [2.24, 2.45) is 11.7 Å². The number of hydrogen-bond donors (Lipinski definition) is 1. The Morgan fingerprint density at radius 1 is 1.35 bits per heavy atom. The average molecular weight is 248 g/mol. The Balaban J connectivity index is 1.86. The van der Waals surface area contributed by atoms with Crippen LogP contribution in [0.2, 0.25) is 0 Å². The minimum Gasteiger partial charge on any atom is -0.389 e. The lowest BCUT2D eigenvalue weighted by Crippen LogP contribution is -2.29. The van der Waals surface area contributed by atoms with Crippen LogP contribution < -0.4 is 5.73 Å². The van der Waals surface area contributed by atoms with E-state index in [0.29, 0.717) is 4.99 Å². The van der Waals surface area contributed by atoms with Crippen LogP contribution in [0.1, 0.15) is 30.4 Å². The van der Waals surface area contributed by atoms with Gasteiger partial charge in [0.05, 0.1) is 0 Å². The Morgan fingerprint density at radius 3 is 2.47 bits per heavy atom. The van der Waals surface area contributed by atoms with Gasteiger partial charge in [0.25, 0.3) is 0 Å². The molecule has 1 aromatic carbocycles. The minimum absolute atomic E-state index is 0.472. The Labute approximate surface area is 109 Å². The van der Waals surface area contributed by atoms with E-state index in [1.54, 1.807) is 0 Å². The van der Waals surface area contributed by atoms with Crippen LogP contribution in [0.25, 0.3) is 0 Å². The maximum atomic E-state index is 5.58. The molecule has 0 spiro atoms. The molecule has 92 valence electrons. The summed E-state index contributed by atoms with van der Waals surface area (Å²) in [4.78, 5) is 2.87. The van der Waals surface area contributed by atoms with Gasteiger partial charge in [-0.15, -0.1) is 0 Å². The van der Waals surface area contributed by atoms with Crippen LogP contribution in [0.4, 0.5) is 0 Å². The first kappa shape index (κ1) is 12.5. The van der Waals surface area contributed by atoms with Crippen LogP contribution in [0, 0.1) is 5.92 Å². The van der Waals surface area contributed by atoms with E-state index in [-0.39, 0.29) is 0 Å². The zero-order valence-corrected chi connectivity index (χ0v) is 11.2. The maximum absolute atomic E-state index is 5.58. The third-order valence-corrected chi connectivity index (χ3v) is 3.72. The Morgan fingerprint density at radius 2 is 2.00 bits per heavy atom. The van der Waals surface area contributed by atoms with Crippen molar-refractivity contribution in [3.8, 4) is 0 Å². The number of benzene rings is 1. The van der Waals surface area contributed by atoms with E-state index in [1.807, 2.05) is 12.1 Å². The molecule has 1 saturated carbocycles. The van der Waals surface area contributed by atoms with Gasteiger partial charge in [0.15, 0.2) is 0 Å². The molecule has 2 rings (SSSR count). The van der Waals surface area contributed by atoms with E-state index in [4.69, 9.17) is 18.0 Å². The van der Waals surface area contributed by atoms with Gasteiger partial charge in [0.2, 0.25) is 0 Å². The number of nitrogens with zero attached hydrogens (tertiary/aromatic N) is 1. The first-order chi connectivity index (χ1) is 8.15. The van der Waals surface area contributed by atoms with Gasteiger partial charge in [-0.2, -0.15) is 0 Å². The molecule has 0 saturated heterocycles. The molecule has 0 aromatic heterocycles. The fourth-order valence-electron chi connectivity index (χ4n) is 2.27. The zero-order valence-electron chi connectivity index (χ0n) is 10.4. The third kappa shape index (κ3) is 3.51. The van der Waals surface area contributed by atoms with E-state index in [0.717, 1.165) is 18.0 Å². The van der Waals surface area contributed by atoms with E-state index in [2.05, 4.69) is 24.1 Å². The maximum Gasteiger partial charge on any atom is 0.103 e. The molecular weight excluding hydrogens is 228 g/mol. The van der Waals surface area contributed by atoms with Crippen molar-refractivity contribution in [2.75, 3.05) is 13.6 Å². The zero-order chi connectivity index (χ0) is 12.3. The van der Waals surface area contributed by atoms with Gasteiger partial charge in [-0.1, -0.05) is 42.9 Å². The number of hydrogen-bond acceptors (Lipinski definition) is 2. The van der Waals surface area contributed by atoms with Crippen molar-refractivity contribution >= 4 is 17.2 Å². The second kappa shape index (κ2) is 5.61. The molecule has 17 heavy (non-hydrogen) atoms. The van der Waals surface area contributed by atoms with Crippen molar-refractivity contribution in [1.29, 1.82) is 0 Å². The standard InChI is InChI=1S/C14H20N2S/c1-16(9-11-3-2-4-11)10-12-5-7-13(8-6-12)14(15)17/h5-8,11H,2-4,9-10H2,1H3,(H2,15,17). The topological polar surface area (TPSA) is 29.3 Å². The van der Waals surface area contributed by atoms with Crippen LogP contribution in [-0.2, 0) is 6.54 Å². The molecule has 1 aromatic rings. The van der Waals surface area contributed by atoms with Gasteiger partial charge >= 0.3 is 0 Å². The highest BCUT2D eigenvalue weighted by Gasteiger charge is 2.18. The van der Waals surface area contributed by atoms with Gasteiger partial charge in [0, 0.05) is 18.7 Å². The van der Waals surface area contributed by atoms with Gasteiger partial charge in [0.1, 0.15) is 4.99 Å². The Hall–Kier alpha value is -0.930. The van der Waals surface area contributed by atoms with Gasteiger partial charge < -0.3 is 10.6 Å². The fourth-order valence-corrected chi connectivity index (χ4v) is 2.40. The largest absolute Gasteiger partial charge is 0.389 e. The highest BCUT2D eigenvalue weighted by Crippen LogP contribution is 2.27. The normalized spacial score (nSPS) is 15.9. The van der Waals surface area contributed by atoms with Crippen molar-refractivity contribution in [3.63, 3.8) is 0 Å². The van der Waals surface area contributed by atoms with Gasteiger partial charge in [-0.05, 0) is 31.4 Å². The molecule has 2 nitrogen and oxygen atoms in total. The summed E-state index contributed by atoms with van der Waals surface area (Å²) >= 11 is 4.94. The summed E-state index contributed by atoms with van der Waals surface area (Å²) in [6.07, 6.45) is 4.23. The minimum atomic E-state index is 0.472. The summed E-state index contributed by atoms with van der Waals surface area (Å²) in [5.41, 5.74) is 7.85. The van der Waals surface area contributed by atoms with E-state index in [1.165, 1.54) is 31.4 Å². The summed E-state index contributed by atoms with van der Waals surface area (Å²) in [7, 11) is 2.19. The predicted octanol–water partition coefficient (Wildman–Crippen LogP) is 2.55. The summed E-state index contributed by atoms with van der Waals surface area (Å²) in [6.45, 7) is 2.23. The summed E-state index contributed by atoms with van der Waals surface area (Å²) < 4.78 is 0. The molecule has 0 amide bonds. The second-order valence-electron chi connectivity index (χ2n) is 5.05. The van der Waals surface area contributed by atoms with Crippen molar-refractivity contribution in [3.05, 3.63) is 35.4 Å². The highest BCUT2D eigenvalue weighted by atomic mass is 32.1. The molecule has 1 aliphatic rings. The molecule has 3 heteroatoms. The summed E-state index contributed by atoms with van der Waals surface area (Å²) in [5, 5.41) is 0. The monoisotopic (exact) mass is 248 g/mol. The van der Waals surface area contributed by atoms with Crippen LogP contribution in [-0.4, -0.2) is 23.5 Å². The molecule has 0 heterocycles.